The van der Waals surface area contributed by atoms with E-state index < -0.39 is 5.82 Å². The van der Waals surface area contributed by atoms with Crippen molar-refractivity contribution in [2.75, 3.05) is 33.4 Å². The average Bonchev–Trinajstić information content (AvgIpc) is 2.79. The van der Waals surface area contributed by atoms with Crippen molar-refractivity contribution in [2.45, 2.75) is 6.04 Å². The highest BCUT2D eigenvalue weighted by molar-refractivity contribution is 5.95. The van der Waals surface area contributed by atoms with Gasteiger partial charge in [-0.3, -0.25) is 9.59 Å². The Hall–Kier alpha value is -2.54. The van der Waals surface area contributed by atoms with Crippen LogP contribution < -0.4 is 0 Å². The highest BCUT2D eigenvalue weighted by Crippen LogP contribution is 2.22. The van der Waals surface area contributed by atoms with Crippen LogP contribution in [0.25, 0.3) is 10.9 Å². The summed E-state index contributed by atoms with van der Waals surface area (Å²) in [6.07, 6.45) is 0. The Kier molecular flexibility index (Phi) is 3.88. The molecule has 130 valence electrons. The van der Waals surface area contributed by atoms with Gasteiger partial charge < -0.3 is 14.5 Å². The predicted octanol–water partition coefficient (Wildman–Crippen LogP) is 1.30. The van der Waals surface area contributed by atoms with Crippen molar-refractivity contribution < 1.29 is 18.7 Å². The maximum Gasteiger partial charge on any atom is 0.272 e. The van der Waals surface area contributed by atoms with Crippen molar-refractivity contribution in [3.8, 4) is 0 Å². The lowest BCUT2D eigenvalue weighted by molar-refractivity contribution is -0.133. The third-order valence-corrected chi connectivity index (χ3v) is 4.92. The fourth-order valence-electron chi connectivity index (χ4n) is 3.46. The number of ether oxygens (including phenoxy) is 1. The van der Waals surface area contributed by atoms with Gasteiger partial charge in [0.15, 0.2) is 0 Å². The molecule has 6 nitrogen and oxygen atoms in total. The van der Waals surface area contributed by atoms with E-state index in [0.717, 1.165) is 0 Å². The molecule has 7 heteroatoms. The molecule has 2 amide bonds. The SMILES string of the molecule is CN1C(=O)[C@H]2COC[C@@H]1CN(C(=O)c1ccc3cccc(F)c3n1)C2. The lowest BCUT2D eigenvalue weighted by Crippen LogP contribution is -2.45. The number of para-hydroxylation sites is 1. The normalized spacial score (nSPS) is 23.7. The van der Waals surface area contributed by atoms with Crippen molar-refractivity contribution in [2.24, 2.45) is 5.92 Å². The molecule has 2 aliphatic heterocycles. The number of aromatic nitrogens is 1. The molecule has 2 aliphatic rings. The van der Waals surface area contributed by atoms with Gasteiger partial charge in [0, 0.05) is 25.5 Å². The van der Waals surface area contributed by atoms with Crippen LogP contribution in [0.15, 0.2) is 30.3 Å². The minimum absolute atomic E-state index is 0.00434. The maximum absolute atomic E-state index is 14.0. The minimum atomic E-state index is -0.455. The Labute approximate surface area is 144 Å². The van der Waals surface area contributed by atoms with Gasteiger partial charge in [0.25, 0.3) is 5.91 Å². The quantitative estimate of drug-likeness (QED) is 0.783. The summed E-state index contributed by atoms with van der Waals surface area (Å²) in [6, 6.07) is 7.80. The predicted molar refractivity (Wildman–Crippen MR) is 88.5 cm³/mol. The van der Waals surface area contributed by atoms with Crippen LogP contribution in [0.5, 0.6) is 0 Å². The van der Waals surface area contributed by atoms with Crippen LogP contribution in [0, 0.1) is 11.7 Å². The zero-order valence-corrected chi connectivity index (χ0v) is 13.8. The second kappa shape index (κ2) is 6.07. The average molecular weight is 343 g/mol. The number of likely N-dealkylation sites (N-methyl/N-ethyl adjacent to an activating group) is 1. The third-order valence-electron chi connectivity index (χ3n) is 4.92. The summed E-state index contributed by atoms with van der Waals surface area (Å²) in [5.74, 6) is -1.12. The number of rotatable bonds is 1. The summed E-state index contributed by atoms with van der Waals surface area (Å²) in [5.41, 5.74) is 0.369. The largest absolute Gasteiger partial charge is 0.378 e. The minimum Gasteiger partial charge on any atom is -0.378 e. The van der Waals surface area contributed by atoms with Gasteiger partial charge >= 0.3 is 0 Å². The molecular weight excluding hydrogens is 325 g/mol. The number of fused-ring (bicyclic) bond motifs is 4. The second-order valence-corrected chi connectivity index (χ2v) is 6.56. The number of hydrogen-bond acceptors (Lipinski definition) is 4. The lowest BCUT2D eigenvalue weighted by atomic mass is 10.1. The lowest BCUT2D eigenvalue weighted by Gasteiger charge is -2.29. The molecule has 2 fully saturated rings. The molecule has 25 heavy (non-hydrogen) atoms. The number of pyridine rings is 1. The van der Waals surface area contributed by atoms with E-state index in [1.54, 1.807) is 41.1 Å². The summed E-state index contributed by atoms with van der Waals surface area (Å²) in [4.78, 5) is 32.8. The van der Waals surface area contributed by atoms with Gasteiger partial charge in [-0.1, -0.05) is 18.2 Å². The molecule has 2 aromatic rings. The Balaban J connectivity index is 1.67. The number of amides is 2. The van der Waals surface area contributed by atoms with E-state index in [4.69, 9.17) is 4.74 Å². The van der Waals surface area contributed by atoms with Crippen LogP contribution in [-0.2, 0) is 9.53 Å². The number of carbonyl (C=O) groups excluding carboxylic acids is 2. The van der Waals surface area contributed by atoms with Crippen LogP contribution >= 0.6 is 0 Å². The van der Waals surface area contributed by atoms with Crippen LogP contribution in [0.1, 0.15) is 10.5 Å². The summed E-state index contributed by atoms with van der Waals surface area (Å²) >= 11 is 0. The van der Waals surface area contributed by atoms with Crippen molar-refractivity contribution in [3.05, 3.63) is 41.8 Å². The highest BCUT2D eigenvalue weighted by atomic mass is 19.1. The Bertz CT molecular complexity index is 857. The number of carbonyl (C=O) groups is 2. The van der Waals surface area contributed by atoms with Gasteiger partial charge in [0.1, 0.15) is 17.0 Å². The molecule has 1 aromatic heterocycles. The third kappa shape index (κ3) is 2.74. The summed E-state index contributed by atoms with van der Waals surface area (Å²) in [5, 5.41) is 0.646. The first kappa shape index (κ1) is 16.0. The van der Waals surface area contributed by atoms with E-state index in [2.05, 4.69) is 4.98 Å². The van der Waals surface area contributed by atoms with Crippen LogP contribution in [0.2, 0.25) is 0 Å². The number of halogens is 1. The second-order valence-electron chi connectivity index (χ2n) is 6.56. The Morgan fingerprint density at radius 3 is 2.92 bits per heavy atom. The van der Waals surface area contributed by atoms with Crippen molar-refractivity contribution in [1.82, 2.24) is 14.8 Å². The topological polar surface area (TPSA) is 62.7 Å². The number of nitrogens with zero attached hydrogens (tertiary/aromatic N) is 3. The fourth-order valence-corrected chi connectivity index (χ4v) is 3.46. The van der Waals surface area contributed by atoms with Gasteiger partial charge in [-0.2, -0.15) is 0 Å². The van der Waals surface area contributed by atoms with Gasteiger partial charge in [0.2, 0.25) is 5.91 Å². The molecule has 0 radical (unpaired) electrons. The summed E-state index contributed by atoms with van der Waals surface area (Å²) in [6.45, 7) is 1.38. The number of hydrogen-bond donors (Lipinski definition) is 0. The molecule has 0 saturated carbocycles. The van der Waals surface area contributed by atoms with Gasteiger partial charge in [-0.15, -0.1) is 0 Å². The number of benzene rings is 1. The van der Waals surface area contributed by atoms with Crippen molar-refractivity contribution >= 4 is 22.7 Å². The van der Waals surface area contributed by atoms with Crippen molar-refractivity contribution in [3.63, 3.8) is 0 Å². The maximum atomic E-state index is 14.0. The molecule has 2 bridgehead atoms. The van der Waals surface area contributed by atoms with E-state index >= 15 is 0 Å². The smallest absolute Gasteiger partial charge is 0.272 e. The molecule has 0 aliphatic carbocycles. The van der Waals surface area contributed by atoms with Gasteiger partial charge in [-0.25, -0.2) is 9.37 Å². The standard InChI is InChI=1S/C18H18FN3O3/c1-21-13-8-22(7-12(17(21)23)9-25-10-13)18(24)15-6-5-11-3-2-4-14(19)16(11)20-15/h2-6,12-13H,7-10H2,1H3/t12-,13+/m1/s1. The zero-order chi connectivity index (χ0) is 17.6. The molecule has 1 aromatic carbocycles. The summed E-state index contributed by atoms with van der Waals surface area (Å²) < 4.78 is 19.5. The van der Waals surface area contributed by atoms with E-state index in [1.807, 2.05) is 0 Å². The van der Waals surface area contributed by atoms with Crippen LogP contribution in [0.3, 0.4) is 0 Å². The molecular formula is C18H18FN3O3. The van der Waals surface area contributed by atoms with Gasteiger partial charge in [0.05, 0.1) is 25.2 Å². The van der Waals surface area contributed by atoms with Crippen molar-refractivity contribution in [1.29, 1.82) is 0 Å². The Morgan fingerprint density at radius 1 is 1.24 bits per heavy atom. The highest BCUT2D eigenvalue weighted by Gasteiger charge is 2.39. The Morgan fingerprint density at radius 2 is 2.08 bits per heavy atom. The summed E-state index contributed by atoms with van der Waals surface area (Å²) in [7, 11) is 1.74. The van der Waals surface area contributed by atoms with E-state index in [1.165, 1.54) is 6.07 Å². The van der Waals surface area contributed by atoms with Gasteiger partial charge in [-0.05, 0) is 12.1 Å². The van der Waals surface area contributed by atoms with E-state index in [9.17, 15) is 14.0 Å². The zero-order valence-electron chi connectivity index (χ0n) is 13.8. The fraction of sp³-hybridized carbons (Fsp3) is 0.389. The molecule has 2 atom stereocenters. The molecule has 0 unspecified atom stereocenters. The molecule has 0 spiro atoms. The molecule has 2 saturated heterocycles. The van der Waals surface area contributed by atoms with E-state index in [0.29, 0.717) is 25.1 Å². The first-order chi connectivity index (χ1) is 12.0. The molecule has 3 heterocycles. The van der Waals surface area contributed by atoms with Crippen LogP contribution in [0.4, 0.5) is 4.39 Å². The van der Waals surface area contributed by atoms with E-state index in [-0.39, 0.29) is 41.5 Å². The molecule has 4 rings (SSSR count). The van der Waals surface area contributed by atoms with Crippen LogP contribution in [-0.4, -0.2) is 66.0 Å². The first-order valence-corrected chi connectivity index (χ1v) is 8.23. The monoisotopic (exact) mass is 343 g/mol. The molecule has 0 N–H and O–H groups in total. The first-order valence-electron chi connectivity index (χ1n) is 8.23.